The molecule has 5 heteroatoms. The van der Waals surface area contributed by atoms with Gasteiger partial charge in [-0.3, -0.25) is 0 Å². The van der Waals surface area contributed by atoms with Crippen molar-refractivity contribution in [2.24, 2.45) is 5.73 Å². The van der Waals surface area contributed by atoms with Gasteiger partial charge in [0.05, 0.1) is 0 Å². The standard InChI is InChI=1S/C10H13F2NS.ClH/c1-14-8-4-2-7(3-5-8)9(13)6-10(11)12;/h2-5,9-10H,6,13H2,1H3;1H/t9-;/m1./s1. The minimum Gasteiger partial charge on any atom is -0.324 e. The van der Waals surface area contributed by atoms with Crippen molar-refractivity contribution < 1.29 is 8.78 Å². The number of nitrogens with two attached hydrogens (primary N) is 1. The van der Waals surface area contributed by atoms with Crippen LogP contribution in [0.15, 0.2) is 29.2 Å². The van der Waals surface area contributed by atoms with E-state index in [1.54, 1.807) is 23.9 Å². The first-order valence-electron chi connectivity index (χ1n) is 4.31. The molecule has 1 atom stereocenters. The van der Waals surface area contributed by atoms with Crippen LogP contribution in [0.4, 0.5) is 8.78 Å². The minimum atomic E-state index is -2.34. The van der Waals surface area contributed by atoms with E-state index in [2.05, 4.69) is 0 Å². The van der Waals surface area contributed by atoms with Gasteiger partial charge in [0.15, 0.2) is 0 Å². The Hall–Kier alpha value is -0.320. The van der Waals surface area contributed by atoms with E-state index in [9.17, 15) is 8.78 Å². The molecular formula is C10H14ClF2NS. The van der Waals surface area contributed by atoms with Crippen LogP contribution in [0, 0.1) is 0 Å². The first-order chi connectivity index (χ1) is 6.63. The Bertz CT molecular complexity index is 279. The molecule has 0 aliphatic rings. The van der Waals surface area contributed by atoms with E-state index >= 15 is 0 Å². The number of benzene rings is 1. The third-order valence-corrected chi connectivity index (χ3v) is 2.72. The maximum Gasteiger partial charge on any atom is 0.240 e. The average Bonchev–Trinajstić information content (AvgIpc) is 2.17. The van der Waals surface area contributed by atoms with Crippen LogP contribution in [-0.2, 0) is 0 Å². The molecule has 15 heavy (non-hydrogen) atoms. The Morgan fingerprint density at radius 1 is 1.27 bits per heavy atom. The van der Waals surface area contributed by atoms with E-state index in [1.807, 2.05) is 18.4 Å². The van der Waals surface area contributed by atoms with E-state index in [-0.39, 0.29) is 18.8 Å². The Kier molecular flexibility index (Phi) is 6.89. The van der Waals surface area contributed by atoms with Crippen molar-refractivity contribution in [2.45, 2.75) is 23.8 Å². The van der Waals surface area contributed by atoms with Gasteiger partial charge in [-0.05, 0) is 24.0 Å². The fourth-order valence-electron chi connectivity index (χ4n) is 1.18. The maximum absolute atomic E-state index is 12.0. The summed E-state index contributed by atoms with van der Waals surface area (Å²) >= 11 is 1.61. The third kappa shape index (κ3) is 4.82. The molecule has 0 aliphatic carbocycles. The summed E-state index contributed by atoms with van der Waals surface area (Å²) in [6.45, 7) is 0. The molecule has 0 heterocycles. The van der Waals surface area contributed by atoms with Crippen molar-refractivity contribution in [2.75, 3.05) is 6.26 Å². The average molecular weight is 254 g/mol. The van der Waals surface area contributed by atoms with Crippen molar-refractivity contribution in [3.63, 3.8) is 0 Å². The number of alkyl halides is 2. The van der Waals surface area contributed by atoms with E-state index < -0.39 is 12.5 Å². The van der Waals surface area contributed by atoms with Gasteiger partial charge in [0, 0.05) is 17.4 Å². The Labute approximate surface area is 98.8 Å². The molecule has 2 N–H and O–H groups in total. The van der Waals surface area contributed by atoms with Gasteiger partial charge in [-0.15, -0.1) is 24.2 Å². The van der Waals surface area contributed by atoms with Crippen molar-refractivity contribution in [3.05, 3.63) is 29.8 Å². The summed E-state index contributed by atoms with van der Waals surface area (Å²) in [5.74, 6) is 0. The molecule has 0 fully saturated rings. The van der Waals surface area contributed by atoms with Crippen LogP contribution in [0.3, 0.4) is 0 Å². The molecular weight excluding hydrogens is 240 g/mol. The quantitative estimate of drug-likeness (QED) is 0.832. The predicted molar refractivity (Wildman–Crippen MR) is 63.0 cm³/mol. The maximum atomic E-state index is 12.0. The molecule has 0 spiro atoms. The van der Waals surface area contributed by atoms with Crippen LogP contribution < -0.4 is 5.73 Å². The normalized spacial score (nSPS) is 12.3. The molecule has 0 unspecified atom stereocenters. The molecule has 0 saturated carbocycles. The lowest BCUT2D eigenvalue weighted by molar-refractivity contribution is 0.128. The van der Waals surface area contributed by atoms with E-state index in [0.717, 1.165) is 10.5 Å². The number of halogens is 3. The van der Waals surface area contributed by atoms with Crippen LogP contribution in [0.1, 0.15) is 18.0 Å². The van der Waals surface area contributed by atoms with Crippen LogP contribution in [0.25, 0.3) is 0 Å². The highest BCUT2D eigenvalue weighted by Crippen LogP contribution is 2.21. The lowest BCUT2D eigenvalue weighted by atomic mass is 10.1. The summed E-state index contributed by atoms with van der Waals surface area (Å²) in [4.78, 5) is 1.11. The zero-order chi connectivity index (χ0) is 10.6. The second-order valence-electron chi connectivity index (χ2n) is 3.01. The third-order valence-electron chi connectivity index (χ3n) is 1.98. The highest BCUT2D eigenvalue weighted by Gasteiger charge is 2.12. The van der Waals surface area contributed by atoms with Gasteiger partial charge >= 0.3 is 0 Å². The van der Waals surface area contributed by atoms with Crippen molar-refractivity contribution in [3.8, 4) is 0 Å². The Morgan fingerprint density at radius 3 is 2.20 bits per heavy atom. The molecule has 0 radical (unpaired) electrons. The summed E-state index contributed by atoms with van der Waals surface area (Å²) in [7, 11) is 0. The fraction of sp³-hybridized carbons (Fsp3) is 0.400. The number of thioether (sulfide) groups is 1. The van der Waals surface area contributed by atoms with E-state index in [0.29, 0.717) is 0 Å². The van der Waals surface area contributed by atoms with Gasteiger partial charge < -0.3 is 5.73 Å². The monoisotopic (exact) mass is 253 g/mol. The van der Waals surface area contributed by atoms with E-state index in [4.69, 9.17) is 5.73 Å². The van der Waals surface area contributed by atoms with Crippen molar-refractivity contribution in [1.29, 1.82) is 0 Å². The Morgan fingerprint density at radius 2 is 1.80 bits per heavy atom. The van der Waals surface area contributed by atoms with Gasteiger partial charge in [0.1, 0.15) is 0 Å². The van der Waals surface area contributed by atoms with Gasteiger partial charge in [0.2, 0.25) is 6.43 Å². The molecule has 0 bridgehead atoms. The number of rotatable bonds is 4. The molecule has 0 amide bonds. The number of hydrogen-bond donors (Lipinski definition) is 1. The molecule has 1 rings (SSSR count). The second kappa shape index (κ2) is 7.04. The second-order valence-corrected chi connectivity index (χ2v) is 3.89. The lowest BCUT2D eigenvalue weighted by Gasteiger charge is -2.11. The summed E-state index contributed by atoms with van der Waals surface area (Å²) in [6.07, 6.45) is -0.655. The lowest BCUT2D eigenvalue weighted by Crippen LogP contribution is -2.13. The summed E-state index contributed by atoms with van der Waals surface area (Å²) in [5, 5.41) is 0. The van der Waals surface area contributed by atoms with Crippen LogP contribution in [0.2, 0.25) is 0 Å². The molecule has 0 aliphatic heterocycles. The van der Waals surface area contributed by atoms with Gasteiger partial charge in [-0.25, -0.2) is 8.78 Å². The fourth-order valence-corrected chi connectivity index (χ4v) is 1.59. The molecule has 0 saturated heterocycles. The Balaban J connectivity index is 0.00000196. The van der Waals surface area contributed by atoms with Crippen LogP contribution in [0.5, 0.6) is 0 Å². The smallest absolute Gasteiger partial charge is 0.240 e. The van der Waals surface area contributed by atoms with Gasteiger partial charge in [-0.2, -0.15) is 0 Å². The topological polar surface area (TPSA) is 26.0 Å². The van der Waals surface area contributed by atoms with Crippen LogP contribution in [-0.4, -0.2) is 12.7 Å². The number of hydrogen-bond acceptors (Lipinski definition) is 2. The first-order valence-corrected chi connectivity index (χ1v) is 5.53. The zero-order valence-corrected chi connectivity index (χ0v) is 9.95. The van der Waals surface area contributed by atoms with Gasteiger partial charge in [-0.1, -0.05) is 12.1 Å². The summed E-state index contributed by atoms with van der Waals surface area (Å²) in [5.41, 5.74) is 6.37. The highest BCUT2D eigenvalue weighted by molar-refractivity contribution is 7.98. The molecule has 1 aromatic carbocycles. The molecule has 86 valence electrons. The molecule has 1 aromatic rings. The molecule has 1 nitrogen and oxygen atoms in total. The summed E-state index contributed by atoms with van der Waals surface area (Å²) < 4.78 is 24.1. The predicted octanol–water partition coefficient (Wildman–Crippen LogP) is 3.49. The highest BCUT2D eigenvalue weighted by atomic mass is 35.5. The first kappa shape index (κ1) is 14.7. The van der Waals surface area contributed by atoms with Gasteiger partial charge in [0.25, 0.3) is 0 Å². The zero-order valence-electron chi connectivity index (χ0n) is 8.32. The van der Waals surface area contributed by atoms with E-state index in [1.165, 1.54) is 0 Å². The SMILES string of the molecule is CSc1ccc([C@H](N)CC(F)F)cc1.Cl. The molecule has 0 aromatic heterocycles. The minimum absolute atomic E-state index is 0. The van der Waals surface area contributed by atoms with Crippen molar-refractivity contribution in [1.82, 2.24) is 0 Å². The van der Waals surface area contributed by atoms with Crippen molar-refractivity contribution >= 4 is 24.2 Å². The summed E-state index contributed by atoms with van der Waals surface area (Å²) in [6, 6.07) is 6.83. The largest absolute Gasteiger partial charge is 0.324 e. The van der Waals surface area contributed by atoms with Crippen LogP contribution >= 0.6 is 24.2 Å².